The van der Waals surface area contributed by atoms with Crippen molar-refractivity contribution in [1.29, 1.82) is 0 Å². The van der Waals surface area contributed by atoms with Crippen LogP contribution in [0.1, 0.15) is 35.3 Å². The van der Waals surface area contributed by atoms with E-state index in [0.717, 1.165) is 17.5 Å². The molecular weight excluding hydrogens is 296 g/mol. The second-order valence-corrected chi connectivity index (χ2v) is 6.83. The lowest BCUT2D eigenvalue weighted by Crippen LogP contribution is -2.32. The van der Waals surface area contributed by atoms with Crippen molar-refractivity contribution >= 4 is 17.8 Å². The van der Waals surface area contributed by atoms with Crippen molar-refractivity contribution < 1.29 is 19.5 Å². The van der Waals surface area contributed by atoms with Crippen LogP contribution in [0.2, 0.25) is 0 Å². The smallest absolute Gasteiger partial charge is 0.307 e. The first-order valence-corrected chi connectivity index (χ1v) is 7.73. The molecule has 6 heteroatoms. The van der Waals surface area contributed by atoms with E-state index < -0.39 is 23.2 Å². The van der Waals surface area contributed by atoms with Crippen molar-refractivity contribution in [1.82, 2.24) is 10.6 Å². The van der Waals surface area contributed by atoms with E-state index in [0.29, 0.717) is 12.1 Å². The maximum Gasteiger partial charge on any atom is 0.307 e. The minimum absolute atomic E-state index is 0.0892. The monoisotopic (exact) mass is 316 g/mol. The largest absolute Gasteiger partial charge is 0.481 e. The molecular formula is C17H20N2O4. The molecule has 0 bridgehead atoms. The molecule has 0 radical (unpaired) electrons. The van der Waals surface area contributed by atoms with E-state index in [1.54, 1.807) is 19.9 Å². The van der Waals surface area contributed by atoms with Gasteiger partial charge in [-0.3, -0.25) is 14.4 Å². The van der Waals surface area contributed by atoms with Gasteiger partial charge in [-0.2, -0.15) is 0 Å². The van der Waals surface area contributed by atoms with Crippen molar-refractivity contribution in [3.63, 3.8) is 0 Å². The van der Waals surface area contributed by atoms with Gasteiger partial charge in [0.1, 0.15) is 0 Å². The Morgan fingerprint density at radius 2 is 2.09 bits per heavy atom. The van der Waals surface area contributed by atoms with Gasteiger partial charge in [-0.1, -0.05) is 26.0 Å². The highest BCUT2D eigenvalue weighted by molar-refractivity contribution is 5.97. The van der Waals surface area contributed by atoms with Crippen LogP contribution in [-0.2, 0) is 22.6 Å². The summed E-state index contributed by atoms with van der Waals surface area (Å²) in [6, 6.07) is 5.60. The molecule has 6 nitrogen and oxygen atoms in total. The molecule has 2 amide bonds. The summed E-state index contributed by atoms with van der Waals surface area (Å²) in [4.78, 5) is 35.2. The summed E-state index contributed by atoms with van der Waals surface area (Å²) in [5.74, 6) is -2.39. The molecule has 2 aliphatic rings. The summed E-state index contributed by atoms with van der Waals surface area (Å²) in [6.45, 7) is 4.52. The van der Waals surface area contributed by atoms with Crippen LogP contribution < -0.4 is 10.6 Å². The Hall–Kier alpha value is -2.37. The van der Waals surface area contributed by atoms with Crippen LogP contribution >= 0.6 is 0 Å². The molecule has 0 aromatic heterocycles. The predicted molar refractivity (Wildman–Crippen MR) is 82.7 cm³/mol. The fourth-order valence-electron chi connectivity index (χ4n) is 3.46. The molecule has 122 valence electrons. The van der Waals surface area contributed by atoms with Crippen LogP contribution in [0.4, 0.5) is 0 Å². The molecule has 1 saturated carbocycles. The third kappa shape index (κ3) is 2.69. The van der Waals surface area contributed by atoms with Gasteiger partial charge < -0.3 is 15.7 Å². The number of amides is 2. The van der Waals surface area contributed by atoms with Crippen LogP contribution in [0.25, 0.3) is 0 Å². The minimum Gasteiger partial charge on any atom is -0.481 e. The number of hydrogen-bond donors (Lipinski definition) is 3. The van der Waals surface area contributed by atoms with Gasteiger partial charge in [0.15, 0.2) is 0 Å². The molecule has 3 rings (SSSR count). The number of carbonyl (C=O) groups is 3. The lowest BCUT2D eigenvalue weighted by Gasteiger charge is -2.17. The first-order chi connectivity index (χ1) is 10.8. The van der Waals surface area contributed by atoms with Crippen LogP contribution in [0.5, 0.6) is 0 Å². The number of carbonyl (C=O) groups excluding carboxylic acids is 2. The number of carboxylic acids is 1. The maximum absolute atomic E-state index is 12.2. The van der Waals surface area contributed by atoms with Gasteiger partial charge in [0.25, 0.3) is 5.91 Å². The topological polar surface area (TPSA) is 95.5 Å². The van der Waals surface area contributed by atoms with Crippen LogP contribution in [0, 0.1) is 17.3 Å². The van der Waals surface area contributed by atoms with E-state index in [1.165, 1.54) is 0 Å². The maximum atomic E-state index is 12.2. The third-order valence-electron chi connectivity index (χ3n) is 4.94. The summed E-state index contributed by atoms with van der Waals surface area (Å²) in [5.41, 5.74) is 1.99. The lowest BCUT2D eigenvalue weighted by molar-refractivity contribution is -0.140. The Kier molecular flexibility index (Phi) is 3.62. The number of carboxylic acid groups (broad SMARTS) is 1. The number of nitrogens with one attached hydrogen (secondary N) is 2. The Morgan fingerprint density at radius 3 is 2.74 bits per heavy atom. The van der Waals surface area contributed by atoms with Gasteiger partial charge in [0.05, 0.1) is 11.8 Å². The second kappa shape index (κ2) is 5.37. The normalized spacial score (nSPS) is 24.3. The van der Waals surface area contributed by atoms with E-state index in [2.05, 4.69) is 10.6 Å². The average molecular weight is 316 g/mol. The average Bonchev–Trinajstić information content (AvgIpc) is 3.08. The number of fused-ring (bicyclic) bond motifs is 1. The number of rotatable bonds is 4. The number of benzene rings is 1. The highest BCUT2D eigenvalue weighted by atomic mass is 16.4. The van der Waals surface area contributed by atoms with Crippen LogP contribution in [-0.4, -0.2) is 29.4 Å². The molecule has 1 heterocycles. The molecule has 1 aliphatic carbocycles. The van der Waals surface area contributed by atoms with Crippen molar-refractivity contribution in [2.24, 2.45) is 17.3 Å². The first kappa shape index (κ1) is 15.5. The third-order valence-corrected chi connectivity index (χ3v) is 4.94. The Bertz CT molecular complexity index is 696. The van der Waals surface area contributed by atoms with Gasteiger partial charge in [-0.25, -0.2) is 0 Å². The zero-order valence-electron chi connectivity index (χ0n) is 13.2. The van der Waals surface area contributed by atoms with E-state index in [4.69, 9.17) is 5.11 Å². The van der Waals surface area contributed by atoms with Gasteiger partial charge in [0, 0.05) is 18.7 Å². The molecule has 0 unspecified atom stereocenters. The summed E-state index contributed by atoms with van der Waals surface area (Å²) < 4.78 is 0. The van der Waals surface area contributed by atoms with Crippen molar-refractivity contribution in [2.75, 3.05) is 6.54 Å². The van der Waals surface area contributed by atoms with Crippen molar-refractivity contribution in [3.05, 3.63) is 34.9 Å². The molecule has 0 spiro atoms. The number of aliphatic carboxylic acids is 1. The molecule has 0 saturated heterocycles. The van der Waals surface area contributed by atoms with Gasteiger partial charge in [0.2, 0.25) is 5.91 Å². The molecule has 1 aliphatic heterocycles. The Labute approximate surface area is 134 Å². The summed E-state index contributed by atoms with van der Waals surface area (Å²) in [5, 5.41) is 14.7. The van der Waals surface area contributed by atoms with E-state index >= 15 is 0 Å². The zero-order valence-corrected chi connectivity index (χ0v) is 13.2. The summed E-state index contributed by atoms with van der Waals surface area (Å²) in [6.07, 6.45) is 0.810. The predicted octanol–water partition coefficient (Wildman–Crippen LogP) is 0.945. The molecule has 1 fully saturated rings. The minimum atomic E-state index is -0.930. The first-order valence-electron chi connectivity index (χ1n) is 7.73. The van der Waals surface area contributed by atoms with Crippen molar-refractivity contribution in [3.8, 4) is 0 Å². The highest BCUT2D eigenvalue weighted by Gasteiger charge is 2.65. The molecule has 1 aromatic rings. The molecule has 3 N–H and O–H groups in total. The second-order valence-electron chi connectivity index (χ2n) is 6.83. The Balaban J connectivity index is 1.65. The quantitative estimate of drug-likeness (QED) is 0.770. The SMILES string of the molecule is CC1(C)[C@H](C(=O)O)[C@@H]1C(=O)NCc1ccc2c(c1)C(=O)NCC2. The van der Waals surface area contributed by atoms with Crippen LogP contribution in [0.3, 0.4) is 0 Å². The van der Waals surface area contributed by atoms with E-state index in [9.17, 15) is 14.4 Å². The molecule has 2 atom stereocenters. The van der Waals surface area contributed by atoms with E-state index in [-0.39, 0.29) is 18.4 Å². The number of hydrogen-bond acceptors (Lipinski definition) is 3. The fraction of sp³-hybridized carbons (Fsp3) is 0.471. The Morgan fingerprint density at radius 1 is 1.35 bits per heavy atom. The van der Waals surface area contributed by atoms with Gasteiger partial charge in [-0.15, -0.1) is 0 Å². The van der Waals surface area contributed by atoms with E-state index in [1.807, 2.05) is 12.1 Å². The standard InChI is InChI=1S/C17H20N2O4/c1-17(2)12(13(17)16(22)23)15(21)19-8-9-3-4-10-5-6-18-14(20)11(10)7-9/h3-4,7,12-13H,5-6,8H2,1-2H3,(H,18,20)(H,19,21)(H,22,23)/t12-,13+/m1/s1. The van der Waals surface area contributed by atoms with Crippen molar-refractivity contribution in [2.45, 2.75) is 26.8 Å². The highest BCUT2D eigenvalue weighted by Crippen LogP contribution is 2.58. The van der Waals surface area contributed by atoms with Crippen LogP contribution in [0.15, 0.2) is 18.2 Å². The molecule has 23 heavy (non-hydrogen) atoms. The fourth-order valence-corrected chi connectivity index (χ4v) is 3.46. The van der Waals surface area contributed by atoms with Gasteiger partial charge >= 0.3 is 5.97 Å². The zero-order chi connectivity index (χ0) is 16.8. The summed E-state index contributed by atoms with van der Waals surface area (Å²) >= 11 is 0. The van der Waals surface area contributed by atoms with Gasteiger partial charge in [-0.05, 0) is 29.0 Å². The molecule has 1 aromatic carbocycles. The summed E-state index contributed by atoms with van der Waals surface area (Å²) in [7, 11) is 0. The lowest BCUT2D eigenvalue weighted by atomic mass is 9.98.